The molecule has 0 radical (unpaired) electrons. The minimum Gasteiger partial charge on any atom is -0.329 e. The molecule has 0 saturated heterocycles. The lowest BCUT2D eigenvalue weighted by atomic mass is 9.84. The molecule has 1 aromatic rings. The van der Waals surface area contributed by atoms with Gasteiger partial charge in [-0.3, -0.25) is 4.90 Å². The highest BCUT2D eigenvalue weighted by molar-refractivity contribution is 9.13. The SMILES string of the molecule is CC1CCCCC1N(C)C(CN)c1ccc(Br)c(Br)c1. The summed E-state index contributed by atoms with van der Waals surface area (Å²) in [5, 5.41) is 0. The van der Waals surface area contributed by atoms with Crippen LogP contribution in [0.5, 0.6) is 0 Å². The summed E-state index contributed by atoms with van der Waals surface area (Å²) < 4.78 is 2.18. The molecule has 1 aliphatic carbocycles. The van der Waals surface area contributed by atoms with Gasteiger partial charge < -0.3 is 5.73 Å². The van der Waals surface area contributed by atoms with Crippen LogP contribution in [0.15, 0.2) is 27.1 Å². The van der Waals surface area contributed by atoms with E-state index in [9.17, 15) is 0 Å². The van der Waals surface area contributed by atoms with Crippen LogP contribution in [0.2, 0.25) is 0 Å². The summed E-state index contributed by atoms with van der Waals surface area (Å²) in [7, 11) is 2.24. The fraction of sp³-hybridized carbons (Fsp3) is 0.625. The second-order valence-electron chi connectivity index (χ2n) is 5.92. The first-order valence-corrected chi connectivity index (χ1v) is 9.00. The molecule has 1 aliphatic rings. The lowest BCUT2D eigenvalue weighted by Gasteiger charge is -2.40. The Labute approximate surface area is 139 Å². The summed E-state index contributed by atoms with van der Waals surface area (Å²) in [5.74, 6) is 0.765. The Morgan fingerprint density at radius 1 is 1.25 bits per heavy atom. The maximum absolute atomic E-state index is 6.08. The molecule has 0 spiro atoms. The van der Waals surface area contributed by atoms with E-state index < -0.39 is 0 Å². The average Bonchev–Trinajstić information content (AvgIpc) is 2.44. The van der Waals surface area contributed by atoms with E-state index in [1.165, 1.54) is 31.2 Å². The van der Waals surface area contributed by atoms with Gasteiger partial charge in [0.1, 0.15) is 0 Å². The van der Waals surface area contributed by atoms with E-state index in [-0.39, 0.29) is 0 Å². The van der Waals surface area contributed by atoms with E-state index in [0.717, 1.165) is 14.9 Å². The Hall–Kier alpha value is 0.1000. The standard InChI is InChI=1S/C16H24Br2N2/c1-11-5-3-4-6-15(11)20(2)16(10-19)12-7-8-13(17)14(18)9-12/h7-9,11,15-16H,3-6,10,19H2,1-2H3. The van der Waals surface area contributed by atoms with Crippen LogP contribution >= 0.6 is 31.9 Å². The second kappa shape index (κ2) is 7.39. The minimum atomic E-state index is 0.296. The minimum absolute atomic E-state index is 0.296. The molecule has 0 aliphatic heterocycles. The molecule has 20 heavy (non-hydrogen) atoms. The molecule has 3 unspecified atom stereocenters. The molecule has 2 nitrogen and oxygen atoms in total. The van der Waals surface area contributed by atoms with Crippen molar-refractivity contribution in [1.29, 1.82) is 0 Å². The highest BCUT2D eigenvalue weighted by Crippen LogP contribution is 2.34. The van der Waals surface area contributed by atoms with Gasteiger partial charge in [0.25, 0.3) is 0 Å². The topological polar surface area (TPSA) is 29.3 Å². The predicted octanol–water partition coefficient (Wildman–Crippen LogP) is 4.72. The van der Waals surface area contributed by atoms with Gasteiger partial charge in [0.2, 0.25) is 0 Å². The van der Waals surface area contributed by atoms with Crippen LogP contribution in [0.3, 0.4) is 0 Å². The van der Waals surface area contributed by atoms with Crippen LogP contribution in [0, 0.1) is 5.92 Å². The van der Waals surface area contributed by atoms with Crippen LogP contribution in [0.1, 0.15) is 44.2 Å². The smallest absolute Gasteiger partial charge is 0.0470 e. The Kier molecular flexibility index (Phi) is 6.09. The zero-order valence-electron chi connectivity index (χ0n) is 12.3. The zero-order chi connectivity index (χ0) is 14.7. The van der Waals surface area contributed by atoms with Crippen LogP contribution in [0.4, 0.5) is 0 Å². The van der Waals surface area contributed by atoms with Gasteiger partial charge in [-0.2, -0.15) is 0 Å². The quantitative estimate of drug-likeness (QED) is 0.787. The third-order valence-corrected chi connectivity index (χ3v) is 6.51. The van der Waals surface area contributed by atoms with E-state index >= 15 is 0 Å². The molecule has 3 atom stereocenters. The first-order chi connectivity index (χ1) is 9.54. The van der Waals surface area contributed by atoms with Gasteiger partial charge in [-0.15, -0.1) is 0 Å². The first kappa shape index (κ1) is 16.5. The maximum Gasteiger partial charge on any atom is 0.0470 e. The van der Waals surface area contributed by atoms with E-state index in [0.29, 0.717) is 18.6 Å². The van der Waals surface area contributed by atoms with E-state index in [2.05, 4.69) is 68.9 Å². The first-order valence-electron chi connectivity index (χ1n) is 7.41. The Balaban J connectivity index is 2.19. The zero-order valence-corrected chi connectivity index (χ0v) is 15.5. The normalized spacial score (nSPS) is 24.9. The van der Waals surface area contributed by atoms with Crippen molar-refractivity contribution in [2.75, 3.05) is 13.6 Å². The average molecular weight is 404 g/mol. The lowest BCUT2D eigenvalue weighted by molar-refractivity contribution is 0.0992. The highest BCUT2D eigenvalue weighted by atomic mass is 79.9. The summed E-state index contributed by atoms with van der Waals surface area (Å²) >= 11 is 7.13. The van der Waals surface area contributed by atoms with Crippen molar-refractivity contribution in [3.05, 3.63) is 32.7 Å². The molecular formula is C16H24Br2N2. The van der Waals surface area contributed by atoms with Crippen LogP contribution in [0.25, 0.3) is 0 Å². The Morgan fingerprint density at radius 3 is 2.55 bits per heavy atom. The molecule has 1 fully saturated rings. The summed E-state index contributed by atoms with van der Waals surface area (Å²) in [6.07, 6.45) is 5.37. The summed E-state index contributed by atoms with van der Waals surface area (Å²) in [5.41, 5.74) is 7.37. The summed E-state index contributed by atoms with van der Waals surface area (Å²) in [6.45, 7) is 3.04. The Bertz CT molecular complexity index is 450. The number of hydrogen-bond acceptors (Lipinski definition) is 2. The molecule has 4 heteroatoms. The van der Waals surface area contributed by atoms with Gasteiger partial charge in [-0.05, 0) is 75.4 Å². The van der Waals surface area contributed by atoms with Crippen molar-refractivity contribution in [2.45, 2.75) is 44.7 Å². The fourth-order valence-corrected chi connectivity index (χ4v) is 4.03. The molecule has 0 bridgehead atoms. The molecule has 2 N–H and O–H groups in total. The van der Waals surface area contributed by atoms with Gasteiger partial charge >= 0.3 is 0 Å². The van der Waals surface area contributed by atoms with Gasteiger partial charge in [0.15, 0.2) is 0 Å². The Morgan fingerprint density at radius 2 is 1.95 bits per heavy atom. The van der Waals surface area contributed by atoms with Crippen LogP contribution < -0.4 is 5.73 Å². The second-order valence-corrected chi connectivity index (χ2v) is 7.63. The van der Waals surface area contributed by atoms with Crippen molar-refractivity contribution >= 4 is 31.9 Å². The van der Waals surface area contributed by atoms with Gasteiger partial charge in [0, 0.05) is 27.6 Å². The van der Waals surface area contributed by atoms with Crippen molar-refractivity contribution in [3.8, 4) is 0 Å². The maximum atomic E-state index is 6.08. The van der Waals surface area contributed by atoms with Crippen molar-refractivity contribution in [1.82, 2.24) is 4.90 Å². The van der Waals surface area contributed by atoms with Crippen molar-refractivity contribution < 1.29 is 0 Å². The molecule has 112 valence electrons. The fourth-order valence-electron chi connectivity index (χ4n) is 3.39. The third kappa shape index (κ3) is 3.65. The molecule has 0 heterocycles. The van der Waals surface area contributed by atoms with E-state index in [1.807, 2.05) is 0 Å². The number of rotatable bonds is 4. The van der Waals surface area contributed by atoms with E-state index in [4.69, 9.17) is 5.73 Å². The molecule has 2 rings (SSSR count). The van der Waals surface area contributed by atoms with E-state index in [1.54, 1.807) is 0 Å². The molecule has 1 aromatic carbocycles. The van der Waals surface area contributed by atoms with Gasteiger partial charge in [-0.25, -0.2) is 0 Å². The van der Waals surface area contributed by atoms with Gasteiger partial charge in [0.05, 0.1) is 0 Å². The number of halogens is 2. The molecule has 0 aromatic heterocycles. The van der Waals surface area contributed by atoms with Gasteiger partial charge in [-0.1, -0.05) is 25.8 Å². The highest BCUT2D eigenvalue weighted by Gasteiger charge is 2.29. The third-order valence-electron chi connectivity index (χ3n) is 4.63. The number of benzene rings is 1. The summed E-state index contributed by atoms with van der Waals surface area (Å²) in [4.78, 5) is 2.50. The molecule has 1 saturated carbocycles. The molecular weight excluding hydrogens is 380 g/mol. The molecule has 0 amide bonds. The number of likely N-dealkylation sites (N-methyl/N-ethyl adjacent to an activating group) is 1. The van der Waals surface area contributed by atoms with Crippen LogP contribution in [-0.2, 0) is 0 Å². The van der Waals surface area contributed by atoms with Crippen molar-refractivity contribution in [3.63, 3.8) is 0 Å². The number of nitrogens with two attached hydrogens (primary N) is 1. The predicted molar refractivity (Wildman–Crippen MR) is 92.8 cm³/mol. The lowest BCUT2D eigenvalue weighted by Crippen LogP contribution is -2.43. The largest absolute Gasteiger partial charge is 0.329 e. The van der Waals surface area contributed by atoms with Crippen LogP contribution in [-0.4, -0.2) is 24.5 Å². The number of hydrogen-bond donors (Lipinski definition) is 1. The van der Waals surface area contributed by atoms with Crippen molar-refractivity contribution in [2.24, 2.45) is 11.7 Å². The summed E-state index contributed by atoms with van der Waals surface area (Å²) in [6, 6.07) is 7.41. The number of nitrogens with zero attached hydrogens (tertiary/aromatic N) is 1. The monoisotopic (exact) mass is 402 g/mol.